The van der Waals surface area contributed by atoms with Gasteiger partial charge >= 0.3 is 0 Å². The lowest BCUT2D eigenvalue weighted by atomic mass is 9.63. The smallest absolute Gasteiger partial charge is 0.161 e. The Bertz CT molecular complexity index is 3240. The Morgan fingerprint density at radius 2 is 0.537 bits per heavy atom. The van der Waals surface area contributed by atoms with Gasteiger partial charge in [0, 0.05) is 16.2 Å². The van der Waals surface area contributed by atoms with Crippen LogP contribution in [-0.4, -0.2) is 79.3 Å². The highest BCUT2D eigenvalue weighted by atomic mass is 16.6. The number of unbranched alkanes of at least 4 members (excludes halogenated alkanes) is 18. The Morgan fingerprint density at radius 1 is 0.253 bits per heavy atom. The number of hydrogen-bond acceptors (Lipinski definition) is 8. The first-order valence-electron chi connectivity index (χ1n) is 38.6. The standard InChI is InChI=1S/C87H120O8/c1-7-13-19-31-47-85(48-32-20-14-8-2)73-40-28-26-38-70(73)80-82(85)79-69-37-25-27-39-72(69)86(49-33-21-15-9-3,50-34-22-16-10-4)83(79)81-71-45-43-67(65-74(71)87(84(80)81,51-35-23-17-11-5)52-36-24-18-12-6)68-44-46-77-78(66-68)95-64-60-91-56-55-89-58-62-93-76-42-30-29-41-75(76)92-61-57-88-53-54-90-59-63-94-77/h25-30,37-46,65-66H,7-24,31-36,47-64H2,1-6H3. The van der Waals surface area contributed by atoms with Crippen LogP contribution in [-0.2, 0) is 35.2 Å². The molecule has 6 aromatic rings. The van der Waals surface area contributed by atoms with Gasteiger partial charge in [-0.3, -0.25) is 0 Å². The van der Waals surface area contributed by atoms with Crippen molar-refractivity contribution >= 4 is 0 Å². The molecule has 0 bridgehead atoms. The third-order valence-electron chi connectivity index (χ3n) is 21.7. The van der Waals surface area contributed by atoms with Crippen LogP contribution < -0.4 is 18.9 Å². The monoisotopic (exact) mass is 1290 g/mol. The van der Waals surface area contributed by atoms with E-state index < -0.39 is 0 Å². The summed E-state index contributed by atoms with van der Waals surface area (Å²) >= 11 is 0. The SMILES string of the molecule is CCCCCCC1(CCCCCC)c2ccccc2-c2c1c1c(c3c2C(CCCCCC)(CCCCCC)c2cc(-c4ccc5c(c4)OCCOCCOCCOc4ccccc4OCCOCCOCCO5)ccc2-3)C(CCCCCC)(CCCCCC)c2ccccc2-1. The summed E-state index contributed by atoms with van der Waals surface area (Å²) in [4.78, 5) is 0. The minimum absolute atomic E-state index is 0.0833. The van der Waals surface area contributed by atoms with Crippen molar-refractivity contribution in [1.82, 2.24) is 0 Å². The van der Waals surface area contributed by atoms with Crippen molar-refractivity contribution < 1.29 is 37.9 Å². The van der Waals surface area contributed by atoms with E-state index in [2.05, 4.69) is 126 Å². The second kappa shape index (κ2) is 37.4. The van der Waals surface area contributed by atoms with Crippen LogP contribution in [0.25, 0.3) is 44.5 Å². The lowest BCUT2D eigenvalue weighted by Gasteiger charge is -2.39. The van der Waals surface area contributed by atoms with E-state index in [0.29, 0.717) is 102 Å². The third kappa shape index (κ3) is 16.9. The van der Waals surface area contributed by atoms with E-state index >= 15 is 0 Å². The van der Waals surface area contributed by atoms with Crippen LogP contribution in [0.5, 0.6) is 23.0 Å². The topological polar surface area (TPSA) is 73.8 Å². The molecule has 0 saturated heterocycles. The lowest BCUT2D eigenvalue weighted by Crippen LogP contribution is -2.31. The van der Waals surface area contributed by atoms with Gasteiger partial charge in [0.05, 0.1) is 52.9 Å². The maximum atomic E-state index is 6.76. The first-order valence-corrected chi connectivity index (χ1v) is 38.6. The maximum absolute atomic E-state index is 6.76. The molecular formula is C87H120O8. The second-order valence-corrected chi connectivity index (χ2v) is 28.2. The Labute approximate surface area is 574 Å². The van der Waals surface area contributed by atoms with Gasteiger partial charge in [0.2, 0.25) is 0 Å². The van der Waals surface area contributed by atoms with Crippen LogP contribution >= 0.6 is 0 Å². The highest BCUT2D eigenvalue weighted by molar-refractivity contribution is 6.05. The normalized spacial score (nSPS) is 16.7. The van der Waals surface area contributed by atoms with Gasteiger partial charge in [-0.15, -0.1) is 0 Å². The van der Waals surface area contributed by atoms with Crippen LogP contribution in [0.15, 0.2) is 109 Å². The summed E-state index contributed by atoms with van der Waals surface area (Å²) in [7, 11) is 0. The number of fused-ring (bicyclic) bond motifs is 14. The average Bonchev–Trinajstić information content (AvgIpc) is 1.49. The van der Waals surface area contributed by atoms with E-state index in [9.17, 15) is 0 Å². The van der Waals surface area contributed by atoms with E-state index in [1.165, 1.54) is 191 Å². The van der Waals surface area contributed by atoms with E-state index in [1.54, 1.807) is 61.2 Å². The van der Waals surface area contributed by atoms with Gasteiger partial charge in [-0.25, -0.2) is 0 Å². The number of hydrogen-bond donors (Lipinski definition) is 0. The van der Waals surface area contributed by atoms with Crippen LogP contribution in [0.3, 0.4) is 0 Å². The molecule has 4 aliphatic rings. The number of rotatable bonds is 31. The second-order valence-electron chi connectivity index (χ2n) is 28.2. The molecule has 0 spiro atoms. The molecule has 1 heterocycles. The van der Waals surface area contributed by atoms with Crippen molar-refractivity contribution in [2.45, 2.75) is 250 Å². The molecule has 95 heavy (non-hydrogen) atoms. The molecule has 8 heteroatoms. The fraction of sp³-hybridized carbons (Fsp3) is 0.586. The quantitative estimate of drug-likeness (QED) is 0.0399. The number of benzene rings is 6. The predicted molar refractivity (Wildman–Crippen MR) is 395 cm³/mol. The molecule has 0 radical (unpaired) electrons. The maximum Gasteiger partial charge on any atom is 0.161 e. The summed E-state index contributed by atoms with van der Waals surface area (Å²) < 4.78 is 49.4. The van der Waals surface area contributed by atoms with E-state index in [-0.39, 0.29) is 16.2 Å². The third-order valence-corrected chi connectivity index (χ3v) is 21.7. The fourth-order valence-corrected chi connectivity index (χ4v) is 17.1. The largest absolute Gasteiger partial charge is 0.487 e. The molecule has 3 aliphatic carbocycles. The highest BCUT2D eigenvalue weighted by Crippen LogP contribution is 2.71. The molecule has 0 saturated carbocycles. The molecule has 10 rings (SSSR count). The van der Waals surface area contributed by atoms with Crippen LogP contribution in [0.2, 0.25) is 0 Å². The Hall–Kier alpha value is -5.64. The van der Waals surface area contributed by atoms with Crippen LogP contribution in [0, 0.1) is 0 Å². The summed E-state index contributed by atoms with van der Waals surface area (Å²) in [5.41, 5.74) is 21.5. The zero-order valence-corrected chi connectivity index (χ0v) is 59.9. The first kappa shape index (κ1) is 72.1. The molecule has 0 fully saturated rings. The minimum atomic E-state index is -0.198. The van der Waals surface area contributed by atoms with Crippen LogP contribution in [0.1, 0.15) is 268 Å². The fourth-order valence-electron chi connectivity index (χ4n) is 17.1. The summed E-state index contributed by atoms with van der Waals surface area (Å²) in [5, 5.41) is 0. The van der Waals surface area contributed by atoms with Gasteiger partial charge in [0.15, 0.2) is 23.0 Å². The van der Waals surface area contributed by atoms with Crippen molar-refractivity contribution in [3.63, 3.8) is 0 Å². The van der Waals surface area contributed by atoms with Gasteiger partial charge in [0.1, 0.15) is 26.4 Å². The molecule has 0 unspecified atom stereocenters. The summed E-state index contributed by atoms with van der Waals surface area (Å²) in [6, 6.07) is 42.3. The summed E-state index contributed by atoms with van der Waals surface area (Å²) in [6.07, 6.45) is 37.4. The van der Waals surface area contributed by atoms with Gasteiger partial charge in [-0.1, -0.05) is 275 Å². The predicted octanol–water partition coefficient (Wildman–Crippen LogP) is 23.3. The highest BCUT2D eigenvalue weighted by Gasteiger charge is 2.57. The van der Waals surface area contributed by atoms with Gasteiger partial charge in [-0.2, -0.15) is 0 Å². The summed E-state index contributed by atoms with van der Waals surface area (Å²) in [5.74, 6) is 2.78. The van der Waals surface area contributed by atoms with Crippen molar-refractivity contribution in [3.8, 4) is 67.5 Å². The first-order chi connectivity index (χ1) is 46.9. The van der Waals surface area contributed by atoms with E-state index in [0.717, 1.165) is 18.4 Å². The van der Waals surface area contributed by atoms with Crippen molar-refractivity contribution in [1.29, 1.82) is 0 Å². The lowest BCUT2D eigenvalue weighted by molar-refractivity contribution is 0.0223. The van der Waals surface area contributed by atoms with Crippen molar-refractivity contribution in [3.05, 3.63) is 143 Å². The molecule has 0 amide bonds. The van der Waals surface area contributed by atoms with Crippen LogP contribution in [0.4, 0.5) is 0 Å². The van der Waals surface area contributed by atoms with Crippen molar-refractivity contribution in [2.75, 3.05) is 79.3 Å². The van der Waals surface area contributed by atoms with E-state index in [1.807, 2.05) is 24.3 Å². The van der Waals surface area contributed by atoms with Gasteiger partial charge in [-0.05, 0) is 147 Å². The van der Waals surface area contributed by atoms with Crippen molar-refractivity contribution in [2.24, 2.45) is 0 Å². The van der Waals surface area contributed by atoms with E-state index in [4.69, 9.17) is 37.9 Å². The molecule has 0 N–H and O–H groups in total. The molecule has 516 valence electrons. The van der Waals surface area contributed by atoms with Gasteiger partial charge < -0.3 is 37.9 Å². The molecule has 0 aromatic heterocycles. The molecule has 8 nitrogen and oxygen atoms in total. The zero-order valence-electron chi connectivity index (χ0n) is 59.9. The number of para-hydroxylation sites is 2. The molecule has 6 aromatic carbocycles. The Balaban J connectivity index is 1.14. The number of ether oxygens (including phenoxy) is 8. The zero-order chi connectivity index (χ0) is 66.0. The Kier molecular flexibility index (Phi) is 28.4. The molecule has 1 aliphatic heterocycles. The Morgan fingerprint density at radius 3 is 0.905 bits per heavy atom. The van der Waals surface area contributed by atoms with Gasteiger partial charge in [0.25, 0.3) is 0 Å². The minimum Gasteiger partial charge on any atom is -0.487 e. The summed E-state index contributed by atoms with van der Waals surface area (Å²) in [6.45, 7) is 19.4. The molecular weight excluding hydrogens is 1170 g/mol. The average molecular weight is 1290 g/mol. The molecule has 0 atom stereocenters.